The molecular formula is C13H11N3O3S. The summed E-state index contributed by atoms with van der Waals surface area (Å²) in [5, 5.41) is 9.16. The van der Waals surface area contributed by atoms with Crippen molar-refractivity contribution in [2.75, 3.05) is 11.6 Å². The first-order valence-electron chi connectivity index (χ1n) is 6.00. The summed E-state index contributed by atoms with van der Waals surface area (Å²) in [4.78, 5) is 33.4. The number of carboxylic acids is 1. The van der Waals surface area contributed by atoms with Gasteiger partial charge in [-0.1, -0.05) is 6.07 Å². The van der Waals surface area contributed by atoms with Gasteiger partial charge in [0.05, 0.1) is 17.0 Å². The topological polar surface area (TPSA) is 83.4 Å². The predicted molar refractivity (Wildman–Crippen MR) is 74.5 cm³/mol. The van der Waals surface area contributed by atoms with Crippen LogP contribution in [-0.2, 0) is 4.79 Å². The molecule has 2 heterocycles. The van der Waals surface area contributed by atoms with Crippen molar-refractivity contribution in [1.82, 2.24) is 14.9 Å². The summed E-state index contributed by atoms with van der Waals surface area (Å²) in [6, 6.07) is 4.37. The van der Waals surface area contributed by atoms with Gasteiger partial charge in [-0.2, -0.15) is 0 Å². The van der Waals surface area contributed by atoms with Gasteiger partial charge in [0.2, 0.25) is 0 Å². The second-order valence-corrected chi connectivity index (χ2v) is 5.36. The average molecular weight is 289 g/mol. The third kappa shape index (κ3) is 2.09. The minimum atomic E-state index is -0.977. The van der Waals surface area contributed by atoms with Crippen molar-refractivity contribution in [2.24, 2.45) is 0 Å². The first-order valence-corrected chi connectivity index (χ1v) is 7.15. The molecule has 0 saturated carbocycles. The lowest BCUT2D eigenvalue weighted by Gasteiger charge is -2.20. The number of carbonyl (C=O) groups excluding carboxylic acids is 1. The number of hydrogen-bond acceptors (Lipinski definition) is 5. The lowest BCUT2D eigenvalue weighted by molar-refractivity contribution is -0.140. The monoisotopic (exact) mass is 289 g/mol. The van der Waals surface area contributed by atoms with Crippen LogP contribution in [0, 0.1) is 0 Å². The quantitative estimate of drug-likeness (QED) is 0.895. The number of rotatable bonds is 2. The van der Waals surface area contributed by atoms with E-state index in [2.05, 4.69) is 9.97 Å². The van der Waals surface area contributed by atoms with Gasteiger partial charge in [-0.25, -0.2) is 4.79 Å². The van der Waals surface area contributed by atoms with E-state index in [0.29, 0.717) is 28.2 Å². The predicted octanol–water partition coefficient (Wildman–Crippen LogP) is 1.23. The van der Waals surface area contributed by atoms with E-state index in [1.54, 1.807) is 24.4 Å². The zero-order valence-electron chi connectivity index (χ0n) is 10.4. The molecule has 1 saturated heterocycles. The Labute approximate surface area is 118 Å². The molecule has 6 nitrogen and oxygen atoms in total. The third-order valence-electron chi connectivity index (χ3n) is 3.16. The van der Waals surface area contributed by atoms with Crippen molar-refractivity contribution < 1.29 is 14.7 Å². The van der Waals surface area contributed by atoms with Crippen LogP contribution < -0.4 is 0 Å². The zero-order valence-corrected chi connectivity index (χ0v) is 11.2. The number of thioether (sulfide) groups is 1. The van der Waals surface area contributed by atoms with Gasteiger partial charge < -0.3 is 10.0 Å². The molecule has 3 rings (SSSR count). The van der Waals surface area contributed by atoms with Gasteiger partial charge in [0.25, 0.3) is 5.91 Å². The minimum absolute atomic E-state index is 0.312. The summed E-state index contributed by atoms with van der Waals surface area (Å²) in [5.74, 6) is -0.493. The number of aliphatic carboxylic acids is 1. The molecule has 1 amide bonds. The maximum atomic E-state index is 12.6. The fourth-order valence-electron chi connectivity index (χ4n) is 2.17. The highest BCUT2D eigenvalue weighted by molar-refractivity contribution is 7.99. The highest BCUT2D eigenvalue weighted by Crippen LogP contribution is 2.25. The van der Waals surface area contributed by atoms with E-state index in [1.165, 1.54) is 22.9 Å². The summed E-state index contributed by atoms with van der Waals surface area (Å²) >= 11 is 1.44. The zero-order chi connectivity index (χ0) is 14.1. The summed E-state index contributed by atoms with van der Waals surface area (Å²) in [7, 11) is 0. The average Bonchev–Trinajstić information content (AvgIpc) is 2.95. The van der Waals surface area contributed by atoms with E-state index in [0.717, 1.165) is 0 Å². The van der Waals surface area contributed by atoms with Crippen molar-refractivity contribution in [1.29, 1.82) is 0 Å². The number of nitrogens with zero attached hydrogens (tertiary/aromatic N) is 3. The fraction of sp³-hybridized carbons (Fsp3) is 0.231. The highest BCUT2D eigenvalue weighted by Gasteiger charge is 2.35. The lowest BCUT2D eigenvalue weighted by Crippen LogP contribution is -2.41. The molecule has 20 heavy (non-hydrogen) atoms. The van der Waals surface area contributed by atoms with Gasteiger partial charge in [-0.05, 0) is 12.1 Å². The van der Waals surface area contributed by atoms with Crippen LogP contribution in [0.1, 0.15) is 10.4 Å². The number of hydrogen-bond donors (Lipinski definition) is 1. The summed E-state index contributed by atoms with van der Waals surface area (Å²) in [5.41, 5.74) is 1.52. The van der Waals surface area contributed by atoms with Crippen LogP contribution in [0.5, 0.6) is 0 Å². The molecule has 0 radical (unpaired) electrons. The van der Waals surface area contributed by atoms with E-state index in [1.807, 2.05) is 0 Å². The molecule has 102 valence electrons. The van der Waals surface area contributed by atoms with Crippen molar-refractivity contribution in [2.45, 2.75) is 6.04 Å². The first-order chi connectivity index (χ1) is 9.68. The second-order valence-electron chi connectivity index (χ2n) is 4.36. The molecule has 1 atom stereocenters. The number of fused-ring (bicyclic) bond motifs is 1. The normalized spacial score (nSPS) is 18.4. The molecule has 1 aromatic carbocycles. The Balaban J connectivity index is 2.03. The van der Waals surface area contributed by atoms with Gasteiger partial charge in [0.15, 0.2) is 0 Å². The van der Waals surface area contributed by atoms with Gasteiger partial charge in [-0.3, -0.25) is 14.8 Å². The van der Waals surface area contributed by atoms with E-state index < -0.39 is 12.0 Å². The van der Waals surface area contributed by atoms with Crippen molar-refractivity contribution >= 4 is 34.7 Å². The third-order valence-corrected chi connectivity index (χ3v) is 4.17. The molecular weight excluding hydrogens is 278 g/mol. The number of para-hydroxylation sites is 1. The molecule has 1 aliphatic rings. The molecule has 0 aliphatic carbocycles. The van der Waals surface area contributed by atoms with Gasteiger partial charge in [-0.15, -0.1) is 11.8 Å². The number of amides is 1. The highest BCUT2D eigenvalue weighted by atomic mass is 32.2. The molecule has 1 fully saturated rings. The molecule has 0 bridgehead atoms. The van der Waals surface area contributed by atoms with E-state index in [9.17, 15) is 9.59 Å². The summed E-state index contributed by atoms with van der Waals surface area (Å²) in [6.07, 6.45) is 3.08. The van der Waals surface area contributed by atoms with Gasteiger partial charge >= 0.3 is 5.97 Å². The second kappa shape index (κ2) is 5.09. The Bertz CT molecular complexity index is 686. The largest absolute Gasteiger partial charge is 0.480 e. The SMILES string of the molecule is O=C(O)C1CSCN1C(=O)c1cccc2nccnc12. The molecule has 2 aromatic rings. The van der Waals surface area contributed by atoms with Crippen LogP contribution in [0.15, 0.2) is 30.6 Å². The van der Waals surface area contributed by atoms with E-state index in [-0.39, 0.29) is 5.91 Å². The van der Waals surface area contributed by atoms with E-state index in [4.69, 9.17) is 5.11 Å². The van der Waals surface area contributed by atoms with Crippen LogP contribution in [0.4, 0.5) is 0 Å². The first kappa shape index (κ1) is 12.9. The van der Waals surface area contributed by atoms with Crippen molar-refractivity contribution in [3.63, 3.8) is 0 Å². The molecule has 7 heteroatoms. The van der Waals surface area contributed by atoms with Crippen LogP contribution in [0.25, 0.3) is 11.0 Å². The Morgan fingerprint density at radius 1 is 1.30 bits per heavy atom. The number of carbonyl (C=O) groups is 2. The van der Waals surface area contributed by atoms with Crippen LogP contribution in [0.2, 0.25) is 0 Å². The maximum Gasteiger partial charge on any atom is 0.327 e. The molecule has 1 aromatic heterocycles. The maximum absolute atomic E-state index is 12.6. The van der Waals surface area contributed by atoms with Crippen LogP contribution >= 0.6 is 11.8 Å². The number of aromatic nitrogens is 2. The summed E-state index contributed by atoms with van der Waals surface area (Å²) < 4.78 is 0. The molecule has 1 unspecified atom stereocenters. The number of carboxylic acid groups (broad SMARTS) is 1. The molecule has 0 spiro atoms. The Morgan fingerprint density at radius 3 is 2.90 bits per heavy atom. The molecule has 1 aliphatic heterocycles. The smallest absolute Gasteiger partial charge is 0.327 e. The Kier molecular flexibility index (Phi) is 3.27. The lowest BCUT2D eigenvalue weighted by atomic mass is 10.1. The van der Waals surface area contributed by atoms with Gasteiger partial charge in [0, 0.05) is 18.1 Å². The van der Waals surface area contributed by atoms with Gasteiger partial charge in [0.1, 0.15) is 11.6 Å². The summed E-state index contributed by atoms with van der Waals surface area (Å²) in [6.45, 7) is 0. The Morgan fingerprint density at radius 2 is 2.10 bits per heavy atom. The fourth-order valence-corrected chi connectivity index (χ4v) is 3.31. The van der Waals surface area contributed by atoms with Crippen LogP contribution in [-0.4, -0.2) is 49.5 Å². The van der Waals surface area contributed by atoms with Crippen molar-refractivity contribution in [3.05, 3.63) is 36.2 Å². The standard InChI is InChI=1S/C13H11N3O3S/c17-12(16-7-20-6-10(16)13(18)19)8-2-1-3-9-11(8)15-5-4-14-9/h1-5,10H,6-7H2,(H,18,19). The van der Waals surface area contributed by atoms with Crippen LogP contribution in [0.3, 0.4) is 0 Å². The molecule has 1 N–H and O–H groups in total. The minimum Gasteiger partial charge on any atom is -0.480 e. The Hall–Kier alpha value is -2.15. The van der Waals surface area contributed by atoms with E-state index >= 15 is 0 Å². The number of benzene rings is 1. The van der Waals surface area contributed by atoms with Crippen molar-refractivity contribution in [3.8, 4) is 0 Å².